The quantitative estimate of drug-likeness (QED) is 0.848. The van der Waals surface area contributed by atoms with Gasteiger partial charge in [-0.3, -0.25) is 4.79 Å². The number of aliphatic carboxylic acids is 1. The molecule has 0 radical (unpaired) electrons. The van der Waals surface area contributed by atoms with Gasteiger partial charge in [-0.2, -0.15) is 0 Å². The van der Waals surface area contributed by atoms with Crippen LogP contribution in [0.1, 0.15) is 31.4 Å². The highest BCUT2D eigenvalue weighted by atomic mass is 16.4. The van der Waals surface area contributed by atoms with E-state index in [0.717, 1.165) is 19.3 Å². The molecule has 1 aromatic heterocycles. The predicted molar refractivity (Wildman–Crippen MR) is 69.3 cm³/mol. The Morgan fingerprint density at radius 3 is 2.89 bits per heavy atom. The number of amides is 1. The van der Waals surface area contributed by atoms with Gasteiger partial charge in [0.2, 0.25) is 5.91 Å². The van der Waals surface area contributed by atoms with Crippen LogP contribution >= 0.6 is 0 Å². The molecule has 1 saturated heterocycles. The van der Waals surface area contributed by atoms with E-state index in [4.69, 9.17) is 4.42 Å². The van der Waals surface area contributed by atoms with Crippen molar-refractivity contribution in [3.8, 4) is 0 Å². The highest BCUT2D eigenvalue weighted by Crippen LogP contribution is 2.18. The number of furan rings is 1. The molecule has 1 N–H and O–H groups in total. The molecule has 1 unspecified atom stereocenters. The summed E-state index contributed by atoms with van der Waals surface area (Å²) in [6, 6.07) is 2.76. The zero-order valence-corrected chi connectivity index (χ0v) is 10.6. The fourth-order valence-electron chi connectivity index (χ4n) is 2.26. The minimum absolute atomic E-state index is 0.272. The van der Waals surface area contributed by atoms with Gasteiger partial charge in [0.1, 0.15) is 11.8 Å². The van der Waals surface area contributed by atoms with Crippen molar-refractivity contribution in [1.82, 2.24) is 4.90 Å². The minimum atomic E-state index is -0.929. The van der Waals surface area contributed by atoms with Crippen molar-refractivity contribution in [1.29, 1.82) is 0 Å². The van der Waals surface area contributed by atoms with Gasteiger partial charge in [0.15, 0.2) is 0 Å². The zero-order chi connectivity index (χ0) is 13.7. The number of nitrogens with zero attached hydrogens (tertiary/aromatic N) is 1. The summed E-state index contributed by atoms with van der Waals surface area (Å²) in [7, 11) is 0. The summed E-state index contributed by atoms with van der Waals surface area (Å²) in [4.78, 5) is 24.8. The highest BCUT2D eigenvalue weighted by molar-refractivity contribution is 5.94. The number of hydrogen-bond acceptors (Lipinski definition) is 3. The Morgan fingerprint density at radius 2 is 2.21 bits per heavy atom. The molecule has 2 heterocycles. The van der Waals surface area contributed by atoms with Gasteiger partial charge in [-0.1, -0.05) is 12.8 Å². The van der Waals surface area contributed by atoms with E-state index in [1.54, 1.807) is 18.2 Å². The standard InChI is InChI=1S/C14H17NO4/c16-13(8-7-11-5-4-10-19-11)15-9-3-1-2-6-12(15)14(17)18/h4-5,7-8,10,12H,1-3,6,9H2,(H,17,18). The summed E-state index contributed by atoms with van der Waals surface area (Å²) in [6.45, 7) is 0.498. The van der Waals surface area contributed by atoms with Crippen molar-refractivity contribution < 1.29 is 19.1 Å². The van der Waals surface area contributed by atoms with Gasteiger partial charge in [-0.15, -0.1) is 0 Å². The van der Waals surface area contributed by atoms with Gasteiger partial charge < -0.3 is 14.4 Å². The Bertz CT molecular complexity index is 464. The lowest BCUT2D eigenvalue weighted by Gasteiger charge is -2.25. The average molecular weight is 263 g/mol. The molecule has 0 bridgehead atoms. The van der Waals surface area contributed by atoms with Crippen molar-refractivity contribution in [2.24, 2.45) is 0 Å². The molecule has 5 nitrogen and oxygen atoms in total. The van der Waals surface area contributed by atoms with Gasteiger partial charge in [-0.25, -0.2) is 4.79 Å². The molecular weight excluding hydrogens is 246 g/mol. The molecule has 0 spiro atoms. The van der Waals surface area contributed by atoms with E-state index >= 15 is 0 Å². The van der Waals surface area contributed by atoms with Crippen molar-refractivity contribution in [3.05, 3.63) is 30.2 Å². The molecular formula is C14H17NO4. The SMILES string of the molecule is O=C(O)C1CCCCCN1C(=O)C=Cc1ccco1. The monoisotopic (exact) mass is 263 g/mol. The van der Waals surface area contributed by atoms with Crippen LogP contribution in [0.3, 0.4) is 0 Å². The molecule has 1 aliphatic heterocycles. The van der Waals surface area contributed by atoms with Crippen molar-refractivity contribution in [2.45, 2.75) is 31.7 Å². The summed E-state index contributed by atoms with van der Waals surface area (Å²) in [5.74, 6) is -0.623. The second kappa shape index (κ2) is 6.22. The fourth-order valence-corrected chi connectivity index (χ4v) is 2.26. The number of carboxylic acid groups (broad SMARTS) is 1. The number of hydrogen-bond donors (Lipinski definition) is 1. The van der Waals surface area contributed by atoms with E-state index in [9.17, 15) is 14.7 Å². The summed E-state index contributed by atoms with van der Waals surface area (Å²) in [5.41, 5.74) is 0. The van der Waals surface area contributed by atoms with Gasteiger partial charge in [0.25, 0.3) is 0 Å². The van der Waals surface area contributed by atoms with Crippen molar-refractivity contribution >= 4 is 18.0 Å². The maximum atomic E-state index is 12.1. The zero-order valence-electron chi connectivity index (χ0n) is 10.6. The molecule has 1 aliphatic rings. The first-order valence-electron chi connectivity index (χ1n) is 6.43. The number of rotatable bonds is 3. The van der Waals surface area contributed by atoms with Gasteiger partial charge in [0, 0.05) is 12.6 Å². The first-order valence-corrected chi connectivity index (χ1v) is 6.43. The summed E-state index contributed by atoms with van der Waals surface area (Å²) < 4.78 is 5.10. The summed E-state index contributed by atoms with van der Waals surface area (Å²) in [5, 5.41) is 9.20. The van der Waals surface area contributed by atoms with E-state index in [-0.39, 0.29) is 5.91 Å². The third-order valence-electron chi connectivity index (χ3n) is 3.25. The van der Waals surface area contributed by atoms with Crippen LogP contribution in [0.15, 0.2) is 28.9 Å². The number of likely N-dealkylation sites (tertiary alicyclic amines) is 1. The summed E-state index contributed by atoms with van der Waals surface area (Å²) in [6.07, 6.45) is 7.65. The van der Waals surface area contributed by atoms with Crippen LogP contribution < -0.4 is 0 Å². The lowest BCUT2D eigenvalue weighted by atomic mass is 10.1. The maximum Gasteiger partial charge on any atom is 0.326 e. The minimum Gasteiger partial charge on any atom is -0.480 e. The maximum absolute atomic E-state index is 12.1. The number of carbonyl (C=O) groups excluding carboxylic acids is 1. The molecule has 5 heteroatoms. The average Bonchev–Trinajstić information content (AvgIpc) is 2.77. The van der Waals surface area contributed by atoms with Crippen LogP contribution in [0, 0.1) is 0 Å². The molecule has 19 heavy (non-hydrogen) atoms. The molecule has 102 valence electrons. The molecule has 0 aliphatic carbocycles. The predicted octanol–water partition coefficient (Wildman–Crippen LogP) is 2.15. The van der Waals surface area contributed by atoms with E-state index in [0.29, 0.717) is 18.7 Å². The lowest BCUT2D eigenvalue weighted by molar-refractivity contribution is -0.148. The van der Waals surface area contributed by atoms with Crippen molar-refractivity contribution in [3.63, 3.8) is 0 Å². The first-order chi connectivity index (χ1) is 9.18. The van der Waals surface area contributed by atoms with Gasteiger partial charge in [0.05, 0.1) is 6.26 Å². The second-order valence-corrected chi connectivity index (χ2v) is 4.58. The Hall–Kier alpha value is -2.04. The van der Waals surface area contributed by atoms with Crippen molar-refractivity contribution in [2.75, 3.05) is 6.54 Å². The molecule has 1 aromatic rings. The third kappa shape index (κ3) is 3.47. The van der Waals surface area contributed by atoms with Gasteiger partial charge in [-0.05, 0) is 31.1 Å². The van der Waals surface area contributed by atoms with Crippen LogP contribution in [0.5, 0.6) is 0 Å². The van der Waals surface area contributed by atoms with Crippen LogP contribution in [-0.2, 0) is 9.59 Å². The van der Waals surface area contributed by atoms with Crippen LogP contribution in [0.2, 0.25) is 0 Å². The lowest BCUT2D eigenvalue weighted by Crippen LogP contribution is -2.43. The Morgan fingerprint density at radius 1 is 1.37 bits per heavy atom. The molecule has 1 atom stereocenters. The second-order valence-electron chi connectivity index (χ2n) is 4.58. The van der Waals surface area contributed by atoms with Gasteiger partial charge >= 0.3 is 5.97 Å². The normalized spacial score (nSPS) is 20.4. The smallest absolute Gasteiger partial charge is 0.326 e. The van der Waals surface area contributed by atoms with E-state index in [1.165, 1.54) is 17.2 Å². The Kier molecular flexibility index (Phi) is 4.39. The molecule has 0 saturated carbocycles. The topological polar surface area (TPSA) is 70.8 Å². The number of carbonyl (C=O) groups is 2. The number of carboxylic acids is 1. The molecule has 1 amide bonds. The summed E-state index contributed by atoms with van der Waals surface area (Å²) >= 11 is 0. The van der Waals surface area contributed by atoms with Crippen LogP contribution in [-0.4, -0.2) is 34.5 Å². The third-order valence-corrected chi connectivity index (χ3v) is 3.25. The Balaban J connectivity index is 2.08. The Labute approximate surface area is 111 Å². The van der Waals surface area contributed by atoms with E-state index < -0.39 is 12.0 Å². The molecule has 1 fully saturated rings. The molecule has 0 aromatic carbocycles. The van der Waals surface area contributed by atoms with E-state index in [1.807, 2.05) is 0 Å². The fraction of sp³-hybridized carbons (Fsp3) is 0.429. The largest absolute Gasteiger partial charge is 0.480 e. The molecule has 2 rings (SSSR count). The van der Waals surface area contributed by atoms with Crippen LogP contribution in [0.25, 0.3) is 6.08 Å². The first kappa shape index (κ1) is 13.4. The van der Waals surface area contributed by atoms with Crippen LogP contribution in [0.4, 0.5) is 0 Å². The highest BCUT2D eigenvalue weighted by Gasteiger charge is 2.29. The van der Waals surface area contributed by atoms with E-state index in [2.05, 4.69) is 0 Å².